The Balaban J connectivity index is 2.20. The summed E-state index contributed by atoms with van der Waals surface area (Å²) in [6.07, 6.45) is 3.32. The number of ether oxygens (including phenoxy) is 1. The fourth-order valence-corrected chi connectivity index (χ4v) is 2.35. The van der Waals surface area contributed by atoms with Crippen LogP contribution in [-0.2, 0) is 0 Å². The summed E-state index contributed by atoms with van der Waals surface area (Å²) < 4.78 is 5.14. The van der Waals surface area contributed by atoms with E-state index < -0.39 is 5.56 Å². The Morgan fingerprint density at radius 3 is 2.57 bits per heavy atom. The first-order valence-electron chi connectivity index (χ1n) is 6.95. The van der Waals surface area contributed by atoms with E-state index in [9.17, 15) is 10.1 Å². The summed E-state index contributed by atoms with van der Waals surface area (Å²) in [5.74, 6) is 0.713. The van der Waals surface area contributed by atoms with Crippen LogP contribution in [0, 0.1) is 11.3 Å². The SMILES string of the molecule is COc1ccc(-c2cc(-c3cccnc3)[nH]c(=O)c2C#N)cc1. The first-order valence-corrected chi connectivity index (χ1v) is 6.95. The molecule has 0 aliphatic rings. The number of pyridine rings is 2. The van der Waals surface area contributed by atoms with Gasteiger partial charge in [0.15, 0.2) is 0 Å². The number of benzene rings is 1. The van der Waals surface area contributed by atoms with Crippen molar-refractivity contribution in [1.29, 1.82) is 5.26 Å². The standard InChI is InChI=1S/C18H13N3O2/c1-23-14-6-4-12(5-7-14)15-9-17(13-3-2-8-20-11-13)21-18(22)16(15)10-19/h2-9,11H,1H3,(H,21,22). The molecule has 0 saturated heterocycles. The maximum atomic E-state index is 12.2. The van der Waals surface area contributed by atoms with Gasteiger partial charge in [-0.05, 0) is 35.9 Å². The molecule has 2 heterocycles. The molecule has 0 bridgehead atoms. The molecule has 0 spiro atoms. The van der Waals surface area contributed by atoms with Crippen LogP contribution in [-0.4, -0.2) is 17.1 Å². The van der Waals surface area contributed by atoms with E-state index in [0.717, 1.165) is 11.1 Å². The van der Waals surface area contributed by atoms with Gasteiger partial charge in [-0.1, -0.05) is 12.1 Å². The second-order valence-corrected chi connectivity index (χ2v) is 4.88. The van der Waals surface area contributed by atoms with Gasteiger partial charge in [0.1, 0.15) is 17.4 Å². The van der Waals surface area contributed by atoms with Crippen LogP contribution in [0.5, 0.6) is 5.75 Å². The molecule has 5 heteroatoms. The minimum atomic E-state index is -0.417. The van der Waals surface area contributed by atoms with E-state index in [1.807, 2.05) is 24.3 Å². The number of nitrogens with one attached hydrogen (secondary N) is 1. The van der Waals surface area contributed by atoms with Crippen molar-refractivity contribution in [3.8, 4) is 34.2 Å². The van der Waals surface area contributed by atoms with E-state index in [0.29, 0.717) is 17.0 Å². The van der Waals surface area contributed by atoms with E-state index in [1.54, 1.807) is 43.8 Å². The minimum Gasteiger partial charge on any atom is -0.497 e. The fourth-order valence-electron chi connectivity index (χ4n) is 2.35. The fraction of sp³-hybridized carbons (Fsp3) is 0.0556. The lowest BCUT2D eigenvalue weighted by Gasteiger charge is -2.08. The molecule has 0 radical (unpaired) electrons. The summed E-state index contributed by atoms with van der Waals surface area (Å²) in [6.45, 7) is 0. The van der Waals surface area contributed by atoms with E-state index in [1.165, 1.54) is 0 Å². The number of aromatic nitrogens is 2. The molecule has 3 rings (SSSR count). The van der Waals surface area contributed by atoms with Gasteiger partial charge in [0.25, 0.3) is 5.56 Å². The number of hydrogen-bond donors (Lipinski definition) is 1. The molecule has 112 valence electrons. The summed E-state index contributed by atoms with van der Waals surface area (Å²) in [7, 11) is 1.59. The molecule has 0 amide bonds. The van der Waals surface area contributed by atoms with Crippen LogP contribution in [0.4, 0.5) is 0 Å². The Morgan fingerprint density at radius 2 is 1.96 bits per heavy atom. The number of aromatic amines is 1. The summed E-state index contributed by atoms with van der Waals surface area (Å²) in [6, 6.07) is 14.6. The molecule has 3 aromatic rings. The Bertz CT molecular complexity index is 923. The van der Waals surface area contributed by atoms with Crippen molar-refractivity contribution in [2.24, 2.45) is 0 Å². The lowest BCUT2D eigenvalue weighted by molar-refractivity contribution is 0.415. The Kier molecular flexibility index (Phi) is 3.89. The highest BCUT2D eigenvalue weighted by atomic mass is 16.5. The molecule has 0 atom stereocenters. The molecule has 0 unspecified atom stereocenters. The highest BCUT2D eigenvalue weighted by Crippen LogP contribution is 2.27. The second kappa shape index (κ2) is 6.16. The molecule has 0 aliphatic carbocycles. The van der Waals surface area contributed by atoms with Crippen molar-refractivity contribution in [1.82, 2.24) is 9.97 Å². The Morgan fingerprint density at radius 1 is 1.17 bits per heavy atom. The molecule has 0 saturated carbocycles. The average Bonchev–Trinajstić information content (AvgIpc) is 2.62. The lowest BCUT2D eigenvalue weighted by atomic mass is 9.99. The van der Waals surface area contributed by atoms with E-state index >= 15 is 0 Å². The lowest BCUT2D eigenvalue weighted by Crippen LogP contribution is -2.12. The number of H-pyrrole nitrogens is 1. The maximum Gasteiger partial charge on any atom is 0.266 e. The molecule has 23 heavy (non-hydrogen) atoms. The normalized spacial score (nSPS) is 10.1. The van der Waals surface area contributed by atoms with E-state index in [4.69, 9.17) is 4.74 Å². The third-order valence-electron chi connectivity index (χ3n) is 3.52. The Hall–Kier alpha value is -3.39. The van der Waals surface area contributed by atoms with Crippen molar-refractivity contribution in [2.75, 3.05) is 7.11 Å². The van der Waals surface area contributed by atoms with Gasteiger partial charge in [-0.15, -0.1) is 0 Å². The summed E-state index contributed by atoms with van der Waals surface area (Å²) in [5.41, 5.74) is 2.43. The monoisotopic (exact) mass is 303 g/mol. The van der Waals surface area contributed by atoms with Crippen molar-refractivity contribution in [3.63, 3.8) is 0 Å². The van der Waals surface area contributed by atoms with Gasteiger partial charge in [-0.2, -0.15) is 5.26 Å². The highest BCUT2D eigenvalue weighted by Gasteiger charge is 2.12. The molecule has 0 fully saturated rings. The molecule has 1 aromatic carbocycles. The molecular formula is C18H13N3O2. The number of rotatable bonds is 3. The highest BCUT2D eigenvalue weighted by molar-refractivity contribution is 5.75. The van der Waals surface area contributed by atoms with Gasteiger partial charge >= 0.3 is 0 Å². The van der Waals surface area contributed by atoms with Gasteiger partial charge in [0.05, 0.1) is 12.8 Å². The van der Waals surface area contributed by atoms with Crippen LogP contribution >= 0.6 is 0 Å². The summed E-state index contributed by atoms with van der Waals surface area (Å²) in [4.78, 5) is 19.0. The quantitative estimate of drug-likeness (QED) is 0.806. The first-order chi connectivity index (χ1) is 11.2. The third-order valence-corrected chi connectivity index (χ3v) is 3.52. The van der Waals surface area contributed by atoms with Crippen LogP contribution in [0.3, 0.4) is 0 Å². The number of nitrogens with zero attached hydrogens (tertiary/aromatic N) is 2. The second-order valence-electron chi connectivity index (χ2n) is 4.88. The van der Waals surface area contributed by atoms with E-state index in [-0.39, 0.29) is 5.56 Å². The van der Waals surface area contributed by atoms with Crippen LogP contribution in [0.2, 0.25) is 0 Å². The largest absolute Gasteiger partial charge is 0.497 e. The summed E-state index contributed by atoms with van der Waals surface area (Å²) >= 11 is 0. The third kappa shape index (κ3) is 2.83. The summed E-state index contributed by atoms with van der Waals surface area (Å²) in [5, 5.41) is 9.32. The predicted octanol–water partition coefficient (Wildman–Crippen LogP) is 2.98. The Labute approximate surface area is 132 Å². The van der Waals surface area contributed by atoms with E-state index in [2.05, 4.69) is 9.97 Å². The molecule has 2 aromatic heterocycles. The van der Waals surface area contributed by atoms with Crippen molar-refractivity contribution in [3.05, 3.63) is 70.8 Å². The molecule has 0 aliphatic heterocycles. The van der Waals surface area contributed by atoms with Crippen molar-refractivity contribution >= 4 is 0 Å². The van der Waals surface area contributed by atoms with Gasteiger partial charge in [0, 0.05) is 23.5 Å². The molecular weight excluding hydrogens is 290 g/mol. The topological polar surface area (TPSA) is 78.8 Å². The molecule has 5 nitrogen and oxygen atoms in total. The number of nitriles is 1. The van der Waals surface area contributed by atoms with Crippen LogP contribution in [0.1, 0.15) is 5.56 Å². The van der Waals surface area contributed by atoms with Crippen LogP contribution < -0.4 is 10.3 Å². The first kappa shape index (κ1) is 14.5. The van der Waals surface area contributed by atoms with Crippen molar-refractivity contribution in [2.45, 2.75) is 0 Å². The zero-order valence-corrected chi connectivity index (χ0v) is 12.4. The minimum absolute atomic E-state index is 0.0859. The van der Waals surface area contributed by atoms with Gasteiger partial charge in [-0.3, -0.25) is 9.78 Å². The van der Waals surface area contributed by atoms with Gasteiger partial charge in [0.2, 0.25) is 0 Å². The molecule has 1 N–H and O–H groups in total. The smallest absolute Gasteiger partial charge is 0.266 e. The zero-order chi connectivity index (χ0) is 16.2. The predicted molar refractivity (Wildman–Crippen MR) is 87.0 cm³/mol. The number of methoxy groups -OCH3 is 1. The van der Waals surface area contributed by atoms with Crippen LogP contribution in [0.25, 0.3) is 22.4 Å². The maximum absolute atomic E-state index is 12.2. The number of hydrogen-bond acceptors (Lipinski definition) is 4. The zero-order valence-electron chi connectivity index (χ0n) is 12.4. The van der Waals surface area contributed by atoms with Gasteiger partial charge in [-0.25, -0.2) is 0 Å². The van der Waals surface area contributed by atoms with Crippen LogP contribution in [0.15, 0.2) is 59.7 Å². The van der Waals surface area contributed by atoms with Crippen molar-refractivity contribution < 1.29 is 4.74 Å². The average molecular weight is 303 g/mol. The van der Waals surface area contributed by atoms with Gasteiger partial charge < -0.3 is 9.72 Å².